The van der Waals surface area contributed by atoms with Crippen LogP contribution in [-0.4, -0.2) is 35.3 Å². The molecule has 0 aliphatic rings. The normalized spacial score (nSPS) is 12.2. The van der Waals surface area contributed by atoms with Crippen molar-refractivity contribution in [2.45, 2.75) is 19.9 Å². The summed E-state index contributed by atoms with van der Waals surface area (Å²) in [6.45, 7) is 3.51. The second-order valence-electron chi connectivity index (χ2n) is 7.54. The summed E-state index contributed by atoms with van der Waals surface area (Å²) in [5.74, 6) is 0.0197. The van der Waals surface area contributed by atoms with Crippen LogP contribution in [0.3, 0.4) is 0 Å². The number of benzene rings is 2. The van der Waals surface area contributed by atoms with E-state index in [0.717, 1.165) is 0 Å². The Morgan fingerprint density at radius 2 is 1.88 bits per heavy atom. The van der Waals surface area contributed by atoms with Gasteiger partial charge in [-0.2, -0.15) is 10.2 Å². The fourth-order valence-corrected chi connectivity index (χ4v) is 4.13. The third kappa shape index (κ3) is 3.52. The van der Waals surface area contributed by atoms with Crippen molar-refractivity contribution in [3.8, 4) is 5.69 Å². The molecule has 0 spiro atoms. The third-order valence-corrected chi connectivity index (χ3v) is 5.69. The van der Waals surface area contributed by atoms with Crippen molar-refractivity contribution < 1.29 is 4.79 Å². The molecular weight excluding hydrogens is 442 g/mol. The van der Waals surface area contributed by atoms with Gasteiger partial charge in [0.15, 0.2) is 0 Å². The molecular formula is C23H18ClN7O2. The zero-order valence-electron chi connectivity index (χ0n) is 17.7. The van der Waals surface area contributed by atoms with E-state index in [2.05, 4.69) is 20.6 Å². The second-order valence-corrected chi connectivity index (χ2v) is 7.95. The summed E-state index contributed by atoms with van der Waals surface area (Å²) >= 11 is 6.34. The number of carbonyl (C=O) groups excluding carboxylic acids is 1. The molecule has 9 nitrogen and oxygen atoms in total. The number of fused-ring (bicyclic) bond motifs is 2. The summed E-state index contributed by atoms with van der Waals surface area (Å²) in [5, 5.41) is 15.5. The molecule has 2 aromatic carbocycles. The average Bonchev–Trinajstić information content (AvgIpc) is 3.15. The van der Waals surface area contributed by atoms with Gasteiger partial charge in [0.2, 0.25) is 0 Å². The Hall–Kier alpha value is -4.11. The van der Waals surface area contributed by atoms with Crippen LogP contribution in [0.5, 0.6) is 0 Å². The Balaban J connectivity index is 1.64. The van der Waals surface area contributed by atoms with Crippen LogP contribution in [0, 0.1) is 6.92 Å². The highest BCUT2D eigenvalue weighted by molar-refractivity contribution is 6.35. The van der Waals surface area contributed by atoms with Crippen molar-refractivity contribution in [1.29, 1.82) is 0 Å². The third-order valence-electron chi connectivity index (χ3n) is 5.38. The Labute approximate surface area is 192 Å². The smallest absolute Gasteiger partial charge is 0.267 e. The van der Waals surface area contributed by atoms with Gasteiger partial charge in [-0.3, -0.25) is 14.2 Å². The van der Waals surface area contributed by atoms with Crippen molar-refractivity contribution in [2.24, 2.45) is 0 Å². The quantitative estimate of drug-likeness (QED) is 0.442. The molecule has 0 aliphatic heterocycles. The molecule has 0 fully saturated rings. The minimum absolute atomic E-state index is 0.310. The SMILES string of the molecule is Cc1nn2cnncc2c1C(=O)N[C@@H](C)c1nc2cccc(Cl)c2c(=O)n1-c1ccccc1. The number of carbonyl (C=O) groups is 1. The number of amides is 1. The number of hydrogen-bond acceptors (Lipinski definition) is 6. The van der Waals surface area contributed by atoms with Crippen molar-refractivity contribution in [3.05, 3.63) is 93.5 Å². The van der Waals surface area contributed by atoms with Crippen molar-refractivity contribution in [3.63, 3.8) is 0 Å². The van der Waals surface area contributed by atoms with E-state index in [1.165, 1.54) is 21.6 Å². The second kappa shape index (κ2) is 8.10. The van der Waals surface area contributed by atoms with Gasteiger partial charge in [0.25, 0.3) is 11.5 Å². The van der Waals surface area contributed by atoms with Gasteiger partial charge in [0.1, 0.15) is 17.7 Å². The van der Waals surface area contributed by atoms with E-state index in [1.54, 1.807) is 44.2 Å². The number of aryl methyl sites for hydroxylation is 1. The average molecular weight is 460 g/mol. The highest BCUT2D eigenvalue weighted by Crippen LogP contribution is 2.23. The van der Waals surface area contributed by atoms with Crippen molar-refractivity contribution in [2.75, 3.05) is 0 Å². The number of para-hydroxylation sites is 1. The maximum atomic E-state index is 13.5. The van der Waals surface area contributed by atoms with Crippen LogP contribution in [0.25, 0.3) is 22.1 Å². The summed E-state index contributed by atoms with van der Waals surface area (Å²) in [7, 11) is 0. The van der Waals surface area contributed by atoms with E-state index < -0.39 is 6.04 Å². The van der Waals surface area contributed by atoms with E-state index in [9.17, 15) is 9.59 Å². The van der Waals surface area contributed by atoms with E-state index in [1.807, 2.05) is 18.2 Å². The molecule has 0 saturated carbocycles. The van der Waals surface area contributed by atoms with Crippen molar-refractivity contribution in [1.82, 2.24) is 34.7 Å². The molecule has 10 heteroatoms. The van der Waals surface area contributed by atoms with Crippen LogP contribution < -0.4 is 10.9 Å². The molecule has 33 heavy (non-hydrogen) atoms. The molecule has 0 aliphatic carbocycles. The first-order valence-electron chi connectivity index (χ1n) is 10.2. The Bertz CT molecular complexity index is 1580. The van der Waals surface area contributed by atoms with Gasteiger partial charge in [-0.15, -0.1) is 5.10 Å². The highest BCUT2D eigenvalue weighted by atomic mass is 35.5. The predicted molar refractivity (Wildman–Crippen MR) is 124 cm³/mol. The molecule has 1 atom stereocenters. The molecule has 0 bridgehead atoms. The molecule has 1 amide bonds. The molecule has 0 radical (unpaired) electrons. The van der Waals surface area contributed by atoms with Crippen molar-refractivity contribution >= 4 is 33.9 Å². The summed E-state index contributed by atoms with van der Waals surface area (Å²) in [6.07, 6.45) is 2.92. The highest BCUT2D eigenvalue weighted by Gasteiger charge is 2.24. The largest absolute Gasteiger partial charge is 0.342 e. The van der Waals surface area contributed by atoms with Crippen LogP contribution in [0.15, 0.2) is 65.8 Å². The van der Waals surface area contributed by atoms with Gasteiger partial charge in [-0.25, -0.2) is 9.50 Å². The lowest BCUT2D eigenvalue weighted by Gasteiger charge is -2.20. The summed E-state index contributed by atoms with van der Waals surface area (Å²) in [6, 6.07) is 13.6. The summed E-state index contributed by atoms with van der Waals surface area (Å²) < 4.78 is 2.98. The monoisotopic (exact) mass is 459 g/mol. The fraction of sp³-hybridized carbons (Fsp3) is 0.130. The first-order chi connectivity index (χ1) is 16.0. The zero-order valence-corrected chi connectivity index (χ0v) is 18.5. The van der Waals surface area contributed by atoms with Crippen LogP contribution in [0.4, 0.5) is 0 Å². The lowest BCUT2D eigenvalue weighted by Crippen LogP contribution is -2.33. The number of nitrogens with one attached hydrogen (secondary N) is 1. The first-order valence-corrected chi connectivity index (χ1v) is 10.6. The zero-order chi connectivity index (χ0) is 23.1. The van der Waals surface area contributed by atoms with Gasteiger partial charge in [0, 0.05) is 0 Å². The summed E-state index contributed by atoms with van der Waals surface area (Å²) in [5.41, 5.74) is 2.22. The molecule has 5 aromatic rings. The minimum atomic E-state index is -0.613. The number of hydrogen-bond donors (Lipinski definition) is 1. The minimum Gasteiger partial charge on any atom is -0.342 e. The Kier molecular flexibility index (Phi) is 5.10. The lowest BCUT2D eigenvalue weighted by molar-refractivity contribution is 0.0939. The van der Waals surface area contributed by atoms with Crippen LogP contribution in [0.2, 0.25) is 5.02 Å². The van der Waals surface area contributed by atoms with E-state index >= 15 is 0 Å². The van der Waals surface area contributed by atoms with E-state index in [0.29, 0.717) is 44.2 Å². The van der Waals surface area contributed by atoms with Gasteiger partial charge in [0.05, 0.1) is 45.1 Å². The van der Waals surface area contributed by atoms with Crippen LogP contribution in [0.1, 0.15) is 34.8 Å². The topological polar surface area (TPSA) is 107 Å². The Morgan fingerprint density at radius 3 is 2.67 bits per heavy atom. The van der Waals surface area contributed by atoms with Gasteiger partial charge >= 0.3 is 0 Å². The predicted octanol–water partition coefficient (Wildman–Crippen LogP) is 3.28. The Morgan fingerprint density at radius 1 is 1.09 bits per heavy atom. The molecule has 3 aromatic heterocycles. The maximum Gasteiger partial charge on any atom is 0.267 e. The molecule has 1 N–H and O–H groups in total. The standard InChI is InChI=1S/C23H18ClN7O2/c1-13-19(18-11-25-26-12-30(18)29-13)22(32)27-14(2)21-28-17-10-6-9-16(24)20(17)23(33)31(21)15-7-4-3-5-8-15/h3-12,14H,1-2H3,(H,27,32)/t14-/m0/s1. The van der Waals surface area contributed by atoms with E-state index in [-0.39, 0.29) is 11.5 Å². The lowest BCUT2D eigenvalue weighted by atomic mass is 10.1. The van der Waals surface area contributed by atoms with Gasteiger partial charge in [-0.1, -0.05) is 35.9 Å². The van der Waals surface area contributed by atoms with Crippen LogP contribution >= 0.6 is 11.6 Å². The first kappa shape index (κ1) is 20.8. The molecule has 0 saturated heterocycles. The molecule has 164 valence electrons. The molecule has 3 heterocycles. The number of rotatable bonds is 4. The maximum absolute atomic E-state index is 13.5. The van der Waals surface area contributed by atoms with E-state index in [4.69, 9.17) is 16.6 Å². The van der Waals surface area contributed by atoms with Gasteiger partial charge in [-0.05, 0) is 38.1 Å². The summed E-state index contributed by atoms with van der Waals surface area (Å²) in [4.78, 5) is 31.5. The number of aromatic nitrogens is 6. The van der Waals surface area contributed by atoms with Gasteiger partial charge < -0.3 is 5.32 Å². The molecule has 0 unspecified atom stereocenters. The molecule has 5 rings (SSSR count). The fourth-order valence-electron chi connectivity index (χ4n) is 3.88. The number of halogens is 1. The van der Waals surface area contributed by atoms with Crippen LogP contribution in [-0.2, 0) is 0 Å². The number of nitrogens with zero attached hydrogens (tertiary/aromatic N) is 6.